The van der Waals surface area contributed by atoms with E-state index in [2.05, 4.69) is 29.1 Å². The lowest BCUT2D eigenvalue weighted by Gasteiger charge is -2.18. The second-order valence-corrected chi connectivity index (χ2v) is 5.70. The summed E-state index contributed by atoms with van der Waals surface area (Å²) in [6.07, 6.45) is 0.792. The summed E-state index contributed by atoms with van der Waals surface area (Å²) in [7, 11) is 0. The number of H-pyrrole nitrogens is 2. The van der Waals surface area contributed by atoms with E-state index >= 15 is 0 Å². The Kier molecular flexibility index (Phi) is 4.77. The Morgan fingerprint density at radius 2 is 1.82 bits per heavy atom. The van der Waals surface area contributed by atoms with Gasteiger partial charge in [0.2, 0.25) is 0 Å². The van der Waals surface area contributed by atoms with Crippen molar-refractivity contribution in [3.63, 3.8) is 0 Å². The van der Waals surface area contributed by atoms with E-state index in [1.165, 1.54) is 6.07 Å². The molecule has 1 aromatic carbocycles. The Morgan fingerprint density at radius 3 is 2.41 bits per heavy atom. The molecule has 1 amide bonds. The predicted octanol–water partition coefficient (Wildman–Crippen LogP) is 0.320. The minimum absolute atomic E-state index is 0.0992. The molecule has 0 bridgehead atoms. The molecule has 2 rings (SSSR count). The first kappa shape index (κ1) is 16.0. The monoisotopic (exact) mass is 304 g/mol. The van der Waals surface area contributed by atoms with Crippen molar-refractivity contribution in [2.75, 3.05) is 6.54 Å². The van der Waals surface area contributed by atoms with Crippen LogP contribution in [0.1, 0.15) is 30.6 Å². The third-order valence-electron chi connectivity index (χ3n) is 3.36. The molecule has 2 aromatic rings. The first-order valence-electron chi connectivity index (χ1n) is 7.18. The Balaban J connectivity index is 2.26. The number of carbonyl (C=O) groups is 1. The van der Waals surface area contributed by atoms with Gasteiger partial charge in [-0.25, -0.2) is 0 Å². The van der Waals surface area contributed by atoms with Crippen molar-refractivity contribution < 1.29 is 4.79 Å². The number of rotatable bonds is 5. The Bertz CT molecular complexity index is 791. The summed E-state index contributed by atoms with van der Waals surface area (Å²) in [5.74, 6) is 0.164. The lowest BCUT2D eigenvalue weighted by molar-refractivity contribution is 0.0934. The highest BCUT2D eigenvalue weighted by molar-refractivity contribution is 5.97. The Hall–Kier alpha value is -2.41. The van der Waals surface area contributed by atoms with Crippen molar-refractivity contribution in [3.05, 3.63) is 44.5 Å². The van der Waals surface area contributed by atoms with E-state index < -0.39 is 11.1 Å². The number of carbonyl (C=O) groups excluding carboxylic acids is 1. The molecule has 7 heteroatoms. The summed E-state index contributed by atoms with van der Waals surface area (Å²) in [6, 6.07) is 4.61. The molecule has 0 aliphatic heterocycles. The summed E-state index contributed by atoms with van der Waals surface area (Å²) in [4.78, 5) is 39.7. The van der Waals surface area contributed by atoms with Crippen molar-refractivity contribution in [3.8, 4) is 0 Å². The third kappa shape index (κ3) is 3.62. The average molecular weight is 304 g/mol. The lowest BCUT2D eigenvalue weighted by Crippen LogP contribution is -2.41. The smallest absolute Gasteiger partial charge is 0.314 e. The molecule has 5 N–H and O–H groups in total. The molecule has 0 spiro atoms. The number of nitrogens with two attached hydrogens (primary N) is 1. The molecule has 118 valence electrons. The average Bonchev–Trinajstić information content (AvgIpc) is 2.46. The summed E-state index contributed by atoms with van der Waals surface area (Å²) < 4.78 is 0. The molecular formula is C15H20N4O3. The largest absolute Gasteiger partial charge is 0.348 e. The number of hydrogen-bond donors (Lipinski definition) is 4. The highest BCUT2D eigenvalue weighted by Gasteiger charge is 2.14. The number of fused-ring (bicyclic) bond motifs is 1. The van der Waals surface area contributed by atoms with E-state index in [1.54, 1.807) is 12.1 Å². The highest BCUT2D eigenvalue weighted by atomic mass is 16.2. The second-order valence-electron chi connectivity index (χ2n) is 5.70. The summed E-state index contributed by atoms with van der Waals surface area (Å²) in [5, 5.41) is 2.88. The maximum absolute atomic E-state index is 12.3. The number of aromatic amines is 2. The topological polar surface area (TPSA) is 121 Å². The number of hydrogen-bond acceptors (Lipinski definition) is 4. The summed E-state index contributed by atoms with van der Waals surface area (Å²) in [5.41, 5.74) is 5.49. The van der Waals surface area contributed by atoms with Gasteiger partial charge in [0.15, 0.2) is 0 Å². The molecule has 1 heterocycles. The van der Waals surface area contributed by atoms with Crippen molar-refractivity contribution in [1.29, 1.82) is 0 Å². The second kappa shape index (κ2) is 6.57. The van der Waals surface area contributed by atoms with Gasteiger partial charge in [-0.1, -0.05) is 13.8 Å². The summed E-state index contributed by atoms with van der Waals surface area (Å²) in [6.45, 7) is 4.49. The third-order valence-corrected chi connectivity index (χ3v) is 3.36. The fourth-order valence-electron chi connectivity index (χ4n) is 2.31. The molecule has 22 heavy (non-hydrogen) atoms. The molecule has 0 saturated heterocycles. The molecule has 1 atom stereocenters. The van der Waals surface area contributed by atoms with Crippen LogP contribution in [-0.2, 0) is 0 Å². The van der Waals surface area contributed by atoms with Gasteiger partial charge in [0.05, 0.1) is 11.0 Å². The Labute approximate surface area is 126 Å². The molecule has 1 unspecified atom stereocenters. The van der Waals surface area contributed by atoms with E-state index in [-0.39, 0.29) is 11.9 Å². The van der Waals surface area contributed by atoms with Crippen LogP contribution in [0.3, 0.4) is 0 Å². The molecule has 7 nitrogen and oxygen atoms in total. The van der Waals surface area contributed by atoms with Crippen LogP contribution in [0.4, 0.5) is 0 Å². The zero-order chi connectivity index (χ0) is 16.3. The van der Waals surface area contributed by atoms with Crippen LogP contribution < -0.4 is 22.2 Å². The quantitative estimate of drug-likeness (QED) is 0.594. The summed E-state index contributed by atoms with van der Waals surface area (Å²) >= 11 is 0. The zero-order valence-corrected chi connectivity index (χ0v) is 12.6. The highest BCUT2D eigenvalue weighted by Crippen LogP contribution is 2.10. The van der Waals surface area contributed by atoms with Crippen LogP contribution in [0.25, 0.3) is 11.0 Å². The van der Waals surface area contributed by atoms with Gasteiger partial charge in [0, 0.05) is 18.2 Å². The number of nitrogens with one attached hydrogen (secondary N) is 3. The zero-order valence-electron chi connectivity index (χ0n) is 12.6. The van der Waals surface area contributed by atoms with Gasteiger partial charge < -0.3 is 21.0 Å². The first-order valence-corrected chi connectivity index (χ1v) is 7.18. The minimum Gasteiger partial charge on any atom is -0.348 e. The molecule has 0 fully saturated rings. The maximum atomic E-state index is 12.3. The lowest BCUT2D eigenvalue weighted by atomic mass is 10.0. The maximum Gasteiger partial charge on any atom is 0.314 e. The van der Waals surface area contributed by atoms with Crippen molar-refractivity contribution in [2.24, 2.45) is 11.7 Å². The predicted molar refractivity (Wildman–Crippen MR) is 85.0 cm³/mol. The standard InChI is InChI=1S/C15H20N4O3/c1-8(2)5-10(7-16)17-13(20)9-3-4-11-12(6-9)19-15(22)14(21)18-11/h3-4,6,8,10H,5,7,16H2,1-2H3,(H,17,20)(H,18,21)(H,19,22). The van der Waals surface area contributed by atoms with Crippen LogP contribution in [0.5, 0.6) is 0 Å². The van der Waals surface area contributed by atoms with E-state index in [9.17, 15) is 14.4 Å². The molecular weight excluding hydrogens is 284 g/mol. The van der Waals surface area contributed by atoms with Gasteiger partial charge in [0.25, 0.3) is 5.91 Å². The van der Waals surface area contributed by atoms with Gasteiger partial charge in [-0.05, 0) is 30.5 Å². The molecule has 0 saturated carbocycles. The Morgan fingerprint density at radius 1 is 1.18 bits per heavy atom. The van der Waals surface area contributed by atoms with E-state index in [0.717, 1.165) is 6.42 Å². The number of amides is 1. The van der Waals surface area contributed by atoms with E-state index in [4.69, 9.17) is 5.73 Å². The first-order chi connectivity index (χ1) is 10.4. The van der Waals surface area contributed by atoms with Gasteiger partial charge in [0.1, 0.15) is 0 Å². The number of aromatic nitrogens is 2. The van der Waals surface area contributed by atoms with Gasteiger partial charge in [-0.3, -0.25) is 14.4 Å². The van der Waals surface area contributed by atoms with Crippen LogP contribution in [0, 0.1) is 5.92 Å². The molecule has 0 aliphatic carbocycles. The molecule has 0 radical (unpaired) electrons. The van der Waals surface area contributed by atoms with Gasteiger partial charge in [-0.15, -0.1) is 0 Å². The van der Waals surface area contributed by atoms with Gasteiger partial charge in [-0.2, -0.15) is 0 Å². The van der Waals surface area contributed by atoms with Crippen LogP contribution in [0.2, 0.25) is 0 Å². The minimum atomic E-state index is -0.746. The van der Waals surface area contributed by atoms with E-state index in [1.807, 2.05) is 0 Å². The fourth-order valence-corrected chi connectivity index (χ4v) is 2.31. The number of benzene rings is 1. The van der Waals surface area contributed by atoms with Gasteiger partial charge >= 0.3 is 11.1 Å². The van der Waals surface area contributed by atoms with Crippen molar-refractivity contribution in [2.45, 2.75) is 26.3 Å². The van der Waals surface area contributed by atoms with Crippen LogP contribution in [0.15, 0.2) is 27.8 Å². The normalized spacial score (nSPS) is 12.5. The van der Waals surface area contributed by atoms with Crippen molar-refractivity contribution in [1.82, 2.24) is 15.3 Å². The molecule has 0 aliphatic rings. The SMILES string of the molecule is CC(C)CC(CN)NC(=O)c1ccc2[nH]c(=O)c(=O)[nH]c2c1. The van der Waals surface area contributed by atoms with Crippen LogP contribution >= 0.6 is 0 Å². The molecule has 1 aromatic heterocycles. The van der Waals surface area contributed by atoms with Crippen LogP contribution in [-0.4, -0.2) is 28.5 Å². The fraction of sp³-hybridized carbons (Fsp3) is 0.400. The van der Waals surface area contributed by atoms with E-state index in [0.29, 0.717) is 29.1 Å². The van der Waals surface area contributed by atoms with Crippen molar-refractivity contribution >= 4 is 16.9 Å².